The Kier molecular flexibility index (Phi) is 10.1. The van der Waals surface area contributed by atoms with Gasteiger partial charge in [-0.25, -0.2) is 9.59 Å². The molecule has 0 aromatic heterocycles. The van der Waals surface area contributed by atoms with Crippen LogP contribution < -0.4 is 4.90 Å². The molecule has 1 aromatic rings. The summed E-state index contributed by atoms with van der Waals surface area (Å²) >= 11 is 0. The molecule has 0 spiro atoms. The lowest BCUT2D eigenvalue weighted by Crippen LogP contribution is -2.23. The van der Waals surface area contributed by atoms with Crippen molar-refractivity contribution in [2.75, 3.05) is 39.1 Å². The van der Waals surface area contributed by atoms with Gasteiger partial charge >= 0.3 is 11.9 Å². The maximum Gasteiger partial charge on any atom is 0.328 e. The highest BCUT2D eigenvalue weighted by Gasteiger charge is 1.99. The molecule has 1 rings (SSSR count). The van der Waals surface area contributed by atoms with Crippen LogP contribution in [-0.4, -0.2) is 61.3 Å². The van der Waals surface area contributed by atoms with Crippen molar-refractivity contribution in [2.45, 2.75) is 6.42 Å². The Labute approximate surface area is 131 Å². The minimum absolute atomic E-state index is 0.558. The molecule has 0 saturated carbocycles. The highest BCUT2D eigenvalue weighted by atomic mass is 16.4. The Morgan fingerprint density at radius 2 is 1.45 bits per heavy atom. The maximum atomic E-state index is 9.55. The zero-order valence-corrected chi connectivity index (χ0v) is 13.3. The first kappa shape index (κ1) is 19.7. The Balaban J connectivity index is 0.000000472. The number of carboxylic acid groups (broad SMARTS) is 2. The molecule has 0 aliphatic carbocycles. The van der Waals surface area contributed by atoms with E-state index in [2.05, 4.69) is 61.3 Å². The smallest absolute Gasteiger partial charge is 0.328 e. The zero-order chi connectivity index (χ0) is 17.0. The van der Waals surface area contributed by atoms with Crippen LogP contribution in [0.4, 0.5) is 5.69 Å². The highest BCUT2D eigenvalue weighted by Crippen LogP contribution is 2.10. The maximum absolute atomic E-state index is 9.55. The first-order valence-corrected chi connectivity index (χ1v) is 6.87. The minimum atomic E-state index is -1.26. The molecular weight excluding hydrogens is 284 g/mol. The SMILES string of the molecule is CN(C)CCCN(C)c1ccccc1.O=C(O)/C=C/C(=O)O. The second-order valence-corrected chi connectivity index (χ2v) is 4.92. The molecule has 2 N–H and O–H groups in total. The number of rotatable bonds is 7. The van der Waals surface area contributed by atoms with Gasteiger partial charge in [0.2, 0.25) is 0 Å². The monoisotopic (exact) mass is 308 g/mol. The van der Waals surface area contributed by atoms with Crippen LogP contribution in [0, 0.1) is 0 Å². The van der Waals surface area contributed by atoms with Crippen LogP contribution in [0.1, 0.15) is 6.42 Å². The fourth-order valence-electron chi connectivity index (χ4n) is 1.58. The van der Waals surface area contributed by atoms with E-state index in [0.29, 0.717) is 12.2 Å². The summed E-state index contributed by atoms with van der Waals surface area (Å²) in [7, 11) is 6.37. The van der Waals surface area contributed by atoms with Gasteiger partial charge in [-0.05, 0) is 39.2 Å². The average Bonchev–Trinajstić information content (AvgIpc) is 2.46. The number of benzene rings is 1. The molecule has 0 amide bonds. The first-order chi connectivity index (χ1) is 10.3. The van der Waals surface area contributed by atoms with Gasteiger partial charge in [-0.2, -0.15) is 0 Å². The predicted octanol–water partition coefficient (Wildman–Crippen LogP) is 1.79. The molecule has 6 nitrogen and oxygen atoms in total. The number of hydrogen-bond acceptors (Lipinski definition) is 4. The summed E-state index contributed by atoms with van der Waals surface area (Å²) in [6, 6.07) is 10.5. The summed E-state index contributed by atoms with van der Waals surface area (Å²) in [6.07, 6.45) is 2.32. The van der Waals surface area contributed by atoms with Gasteiger partial charge in [0.25, 0.3) is 0 Å². The third-order valence-electron chi connectivity index (χ3n) is 2.66. The van der Waals surface area contributed by atoms with E-state index in [4.69, 9.17) is 10.2 Å². The Bertz CT molecular complexity index is 456. The lowest BCUT2D eigenvalue weighted by molar-refractivity contribution is -0.134. The van der Waals surface area contributed by atoms with Crippen molar-refractivity contribution >= 4 is 17.6 Å². The Morgan fingerprint density at radius 1 is 0.955 bits per heavy atom. The van der Waals surface area contributed by atoms with Crippen molar-refractivity contribution in [3.05, 3.63) is 42.5 Å². The molecule has 1 aromatic carbocycles. The van der Waals surface area contributed by atoms with Crippen LogP contribution in [0.3, 0.4) is 0 Å². The van der Waals surface area contributed by atoms with E-state index in [9.17, 15) is 9.59 Å². The summed E-state index contributed by atoms with van der Waals surface area (Å²) in [5.41, 5.74) is 1.30. The van der Waals surface area contributed by atoms with E-state index in [1.807, 2.05) is 0 Å². The molecule has 0 aliphatic heterocycles. The van der Waals surface area contributed by atoms with Gasteiger partial charge in [-0.1, -0.05) is 18.2 Å². The van der Waals surface area contributed by atoms with E-state index in [-0.39, 0.29) is 0 Å². The summed E-state index contributed by atoms with van der Waals surface area (Å²) in [4.78, 5) is 23.6. The minimum Gasteiger partial charge on any atom is -0.478 e. The normalized spacial score (nSPS) is 10.2. The van der Waals surface area contributed by atoms with E-state index in [1.54, 1.807) is 0 Å². The number of nitrogens with zero attached hydrogens (tertiary/aromatic N) is 2. The molecule has 0 atom stereocenters. The van der Waals surface area contributed by atoms with Crippen molar-refractivity contribution in [2.24, 2.45) is 0 Å². The molecule has 0 saturated heterocycles. The van der Waals surface area contributed by atoms with Crippen LogP contribution in [0.2, 0.25) is 0 Å². The van der Waals surface area contributed by atoms with Gasteiger partial charge in [-0.15, -0.1) is 0 Å². The van der Waals surface area contributed by atoms with E-state index in [1.165, 1.54) is 12.1 Å². The molecule has 0 radical (unpaired) electrons. The molecule has 0 heterocycles. The van der Waals surface area contributed by atoms with Crippen molar-refractivity contribution in [1.82, 2.24) is 4.90 Å². The van der Waals surface area contributed by atoms with Crippen molar-refractivity contribution < 1.29 is 19.8 Å². The van der Waals surface area contributed by atoms with Gasteiger partial charge in [0.15, 0.2) is 0 Å². The third-order valence-corrected chi connectivity index (χ3v) is 2.66. The second-order valence-electron chi connectivity index (χ2n) is 4.92. The van der Waals surface area contributed by atoms with Crippen LogP contribution in [0.5, 0.6) is 0 Å². The Morgan fingerprint density at radius 3 is 1.86 bits per heavy atom. The third kappa shape index (κ3) is 11.5. The van der Waals surface area contributed by atoms with Crippen molar-refractivity contribution in [3.63, 3.8) is 0 Å². The van der Waals surface area contributed by atoms with E-state index >= 15 is 0 Å². The highest BCUT2D eigenvalue weighted by molar-refractivity contribution is 5.89. The van der Waals surface area contributed by atoms with Crippen molar-refractivity contribution in [3.8, 4) is 0 Å². The molecule has 122 valence electrons. The summed E-state index contributed by atoms with van der Waals surface area (Å²) in [5, 5.41) is 15.6. The molecule has 0 bridgehead atoms. The molecular formula is C16H24N2O4. The largest absolute Gasteiger partial charge is 0.478 e. The van der Waals surface area contributed by atoms with Gasteiger partial charge in [-0.3, -0.25) is 0 Å². The van der Waals surface area contributed by atoms with Crippen LogP contribution >= 0.6 is 0 Å². The van der Waals surface area contributed by atoms with E-state index in [0.717, 1.165) is 13.1 Å². The van der Waals surface area contributed by atoms with Crippen LogP contribution in [-0.2, 0) is 9.59 Å². The van der Waals surface area contributed by atoms with Crippen LogP contribution in [0.25, 0.3) is 0 Å². The summed E-state index contributed by atoms with van der Waals surface area (Å²) < 4.78 is 0. The van der Waals surface area contributed by atoms with E-state index < -0.39 is 11.9 Å². The fraction of sp³-hybridized carbons (Fsp3) is 0.375. The molecule has 0 unspecified atom stereocenters. The standard InChI is InChI=1S/C12H20N2.C4H4O4/c1-13(2)10-7-11-14(3)12-8-5-4-6-9-12;5-3(6)1-2-4(7)8/h4-6,8-9H,7,10-11H2,1-3H3;1-2H,(H,5,6)(H,7,8)/b;2-1+. The Hall–Kier alpha value is -2.34. The number of carbonyl (C=O) groups is 2. The summed E-state index contributed by atoms with van der Waals surface area (Å²) in [6.45, 7) is 2.26. The number of carboxylic acids is 2. The number of hydrogen-bond donors (Lipinski definition) is 2. The summed E-state index contributed by atoms with van der Waals surface area (Å²) in [5.74, 6) is -2.51. The lowest BCUT2D eigenvalue weighted by Gasteiger charge is -2.20. The molecule has 6 heteroatoms. The van der Waals surface area contributed by atoms with Gasteiger partial charge in [0, 0.05) is 31.4 Å². The number of aliphatic carboxylic acids is 2. The van der Waals surface area contributed by atoms with Crippen molar-refractivity contribution in [1.29, 1.82) is 0 Å². The quantitative estimate of drug-likeness (QED) is 0.747. The van der Waals surface area contributed by atoms with Gasteiger partial charge in [0.1, 0.15) is 0 Å². The molecule has 0 fully saturated rings. The second kappa shape index (κ2) is 11.3. The predicted molar refractivity (Wildman–Crippen MR) is 87.3 cm³/mol. The average molecular weight is 308 g/mol. The topological polar surface area (TPSA) is 81.1 Å². The lowest BCUT2D eigenvalue weighted by atomic mass is 10.3. The first-order valence-electron chi connectivity index (χ1n) is 6.87. The fourth-order valence-corrected chi connectivity index (χ4v) is 1.58. The number of anilines is 1. The molecule has 0 aliphatic rings. The van der Waals surface area contributed by atoms with Crippen LogP contribution in [0.15, 0.2) is 42.5 Å². The zero-order valence-electron chi connectivity index (χ0n) is 13.3. The number of para-hydroxylation sites is 1. The van der Waals surface area contributed by atoms with Gasteiger partial charge in [0.05, 0.1) is 0 Å². The molecule has 22 heavy (non-hydrogen) atoms. The van der Waals surface area contributed by atoms with Gasteiger partial charge < -0.3 is 20.0 Å².